The average Bonchev–Trinajstić information content (AvgIpc) is 3.10. The highest BCUT2D eigenvalue weighted by Gasteiger charge is 2.22. The molecule has 1 aliphatic rings. The maximum atomic E-state index is 11.2. The van der Waals surface area contributed by atoms with Crippen molar-refractivity contribution in [2.75, 3.05) is 13.2 Å². The minimum absolute atomic E-state index is 0.0664. The van der Waals surface area contributed by atoms with Gasteiger partial charge in [0.2, 0.25) is 0 Å². The smallest absolute Gasteiger partial charge is 0.157 e. The van der Waals surface area contributed by atoms with Crippen LogP contribution in [0.4, 0.5) is 0 Å². The summed E-state index contributed by atoms with van der Waals surface area (Å²) in [6, 6.07) is 7.50. The number of phenols is 1. The van der Waals surface area contributed by atoms with E-state index in [0.717, 1.165) is 18.7 Å². The molecule has 0 amide bonds. The molecule has 0 spiro atoms. The molecule has 138 valence electrons. The summed E-state index contributed by atoms with van der Waals surface area (Å²) < 4.78 is 7.93. The summed E-state index contributed by atoms with van der Waals surface area (Å²) in [5, 5.41) is 17.8. The molecular weight excluding hydrogens is 330 g/mol. The molecule has 0 radical (unpaired) electrons. The van der Waals surface area contributed by atoms with E-state index in [9.17, 15) is 9.90 Å². The van der Waals surface area contributed by atoms with Crippen molar-refractivity contribution < 1.29 is 14.6 Å². The molecular formula is C20H25N3O3. The Morgan fingerprint density at radius 1 is 1.42 bits per heavy atom. The average molecular weight is 355 g/mol. The Morgan fingerprint density at radius 2 is 2.23 bits per heavy atom. The van der Waals surface area contributed by atoms with Crippen molar-refractivity contribution in [1.82, 2.24) is 15.1 Å². The first-order valence-electron chi connectivity index (χ1n) is 8.89. The van der Waals surface area contributed by atoms with Crippen LogP contribution in [0.15, 0.2) is 36.0 Å². The molecule has 6 heteroatoms. The Labute approximate surface area is 153 Å². The van der Waals surface area contributed by atoms with Crippen LogP contribution in [-0.4, -0.2) is 40.4 Å². The molecule has 26 heavy (non-hydrogen) atoms. The summed E-state index contributed by atoms with van der Waals surface area (Å²) in [6.07, 6.45) is 3.30. The van der Waals surface area contributed by atoms with Gasteiger partial charge in [0.05, 0.1) is 11.3 Å². The van der Waals surface area contributed by atoms with E-state index in [1.54, 1.807) is 12.1 Å². The van der Waals surface area contributed by atoms with Crippen molar-refractivity contribution in [3.63, 3.8) is 0 Å². The summed E-state index contributed by atoms with van der Waals surface area (Å²) in [7, 11) is 0. The maximum absolute atomic E-state index is 11.2. The van der Waals surface area contributed by atoms with Crippen LogP contribution in [0.1, 0.15) is 49.3 Å². The van der Waals surface area contributed by atoms with E-state index >= 15 is 0 Å². The fraction of sp³-hybridized carbons (Fsp3) is 0.400. The highest BCUT2D eigenvalue weighted by Crippen LogP contribution is 2.30. The molecule has 1 aliphatic heterocycles. The Hall–Kier alpha value is -2.60. The van der Waals surface area contributed by atoms with E-state index in [-0.39, 0.29) is 17.4 Å². The van der Waals surface area contributed by atoms with Gasteiger partial charge in [-0.3, -0.25) is 9.48 Å². The van der Waals surface area contributed by atoms with Gasteiger partial charge in [-0.15, -0.1) is 0 Å². The highest BCUT2D eigenvalue weighted by molar-refractivity contribution is 5.83. The van der Waals surface area contributed by atoms with Crippen molar-refractivity contribution in [2.24, 2.45) is 0 Å². The van der Waals surface area contributed by atoms with Crippen LogP contribution in [0.5, 0.6) is 11.5 Å². The van der Waals surface area contributed by atoms with E-state index in [1.165, 1.54) is 17.2 Å². The molecule has 1 atom stereocenters. The number of nitrogens with one attached hydrogen (secondary N) is 1. The monoisotopic (exact) mass is 355 g/mol. The lowest BCUT2D eigenvalue weighted by atomic mass is 9.95. The number of aromatic nitrogens is 2. The second-order valence-electron chi connectivity index (χ2n) is 6.92. The Balaban J connectivity index is 1.92. The van der Waals surface area contributed by atoms with Crippen LogP contribution in [0.25, 0.3) is 5.57 Å². The molecule has 0 fully saturated rings. The zero-order chi connectivity index (χ0) is 18.7. The van der Waals surface area contributed by atoms with Gasteiger partial charge >= 0.3 is 0 Å². The third kappa shape index (κ3) is 3.65. The Bertz CT molecular complexity index is 823. The van der Waals surface area contributed by atoms with E-state index in [2.05, 4.69) is 31.2 Å². The van der Waals surface area contributed by atoms with E-state index in [1.807, 2.05) is 16.9 Å². The number of phenolic OH excluding ortho intramolecular Hbond substituents is 1. The number of carbonyl (C=O) groups excluding carboxylic acids is 1. The number of nitrogens with zero attached hydrogens (tertiary/aromatic N) is 2. The largest absolute Gasteiger partial charge is 0.507 e. The number of carbonyl (C=O) groups is 1. The van der Waals surface area contributed by atoms with Gasteiger partial charge < -0.3 is 15.2 Å². The van der Waals surface area contributed by atoms with Crippen molar-refractivity contribution in [1.29, 1.82) is 0 Å². The first kappa shape index (κ1) is 18.2. The SMILES string of the molecule is CC1CC(COc2cccc(O)c2C=O)=C(c2ccnn2C(C)C)CN1. The normalized spacial score (nSPS) is 17.6. The minimum atomic E-state index is -0.0664. The molecule has 2 aromatic rings. The Morgan fingerprint density at radius 3 is 2.96 bits per heavy atom. The van der Waals surface area contributed by atoms with Crippen LogP contribution in [0, 0.1) is 0 Å². The number of hydrogen-bond acceptors (Lipinski definition) is 5. The number of aldehydes is 1. The topological polar surface area (TPSA) is 76.4 Å². The lowest BCUT2D eigenvalue weighted by Gasteiger charge is -2.27. The predicted molar refractivity (Wildman–Crippen MR) is 101 cm³/mol. The second kappa shape index (κ2) is 7.74. The molecule has 1 aromatic heterocycles. The third-order valence-corrected chi connectivity index (χ3v) is 4.64. The van der Waals surface area contributed by atoms with E-state index in [4.69, 9.17) is 4.74 Å². The standard InChI is InChI=1S/C20H25N3O3/c1-13(2)23-18(7-8-22-23)16-10-21-14(3)9-15(16)12-26-20-6-4-5-19(25)17(20)11-24/h4-8,11,13-14,21,25H,9-10,12H2,1-3H3. The predicted octanol–water partition coefficient (Wildman–Crippen LogP) is 3.20. The zero-order valence-corrected chi connectivity index (χ0v) is 15.4. The quantitative estimate of drug-likeness (QED) is 0.778. The third-order valence-electron chi connectivity index (χ3n) is 4.64. The molecule has 0 aliphatic carbocycles. The van der Waals surface area contributed by atoms with Crippen molar-refractivity contribution >= 4 is 11.9 Å². The molecule has 0 saturated heterocycles. The summed E-state index contributed by atoms with van der Waals surface area (Å²) >= 11 is 0. The molecule has 1 aromatic carbocycles. The fourth-order valence-electron chi connectivity index (χ4n) is 3.29. The first-order valence-corrected chi connectivity index (χ1v) is 8.89. The first-order chi connectivity index (χ1) is 12.5. The van der Waals surface area contributed by atoms with Crippen LogP contribution < -0.4 is 10.1 Å². The van der Waals surface area contributed by atoms with Gasteiger partial charge in [-0.25, -0.2) is 0 Å². The lowest BCUT2D eigenvalue weighted by Crippen LogP contribution is -2.34. The summed E-state index contributed by atoms with van der Waals surface area (Å²) in [4.78, 5) is 11.2. The summed E-state index contributed by atoms with van der Waals surface area (Å²) in [6.45, 7) is 7.47. The van der Waals surface area contributed by atoms with Gasteiger partial charge in [0.1, 0.15) is 18.1 Å². The van der Waals surface area contributed by atoms with Gasteiger partial charge in [0.15, 0.2) is 6.29 Å². The molecule has 6 nitrogen and oxygen atoms in total. The highest BCUT2D eigenvalue weighted by atomic mass is 16.5. The maximum Gasteiger partial charge on any atom is 0.157 e. The number of rotatable bonds is 6. The van der Waals surface area contributed by atoms with Gasteiger partial charge in [0, 0.05) is 24.8 Å². The number of hydrogen-bond donors (Lipinski definition) is 2. The summed E-state index contributed by atoms with van der Waals surface area (Å²) in [5.41, 5.74) is 3.63. The van der Waals surface area contributed by atoms with Gasteiger partial charge in [-0.2, -0.15) is 5.10 Å². The molecule has 2 N–H and O–H groups in total. The van der Waals surface area contributed by atoms with Gasteiger partial charge in [0.25, 0.3) is 0 Å². The van der Waals surface area contributed by atoms with Crippen LogP contribution in [-0.2, 0) is 0 Å². The number of benzene rings is 1. The zero-order valence-electron chi connectivity index (χ0n) is 15.4. The number of ether oxygens (including phenoxy) is 1. The van der Waals surface area contributed by atoms with Gasteiger partial charge in [-0.1, -0.05) is 6.07 Å². The summed E-state index contributed by atoms with van der Waals surface area (Å²) in [5.74, 6) is 0.332. The fourth-order valence-corrected chi connectivity index (χ4v) is 3.29. The van der Waals surface area contributed by atoms with Crippen molar-refractivity contribution in [2.45, 2.75) is 39.3 Å². The molecule has 0 bridgehead atoms. The van der Waals surface area contributed by atoms with Crippen LogP contribution in [0.2, 0.25) is 0 Å². The van der Waals surface area contributed by atoms with Crippen molar-refractivity contribution in [3.8, 4) is 11.5 Å². The molecule has 2 heterocycles. The molecule has 1 unspecified atom stereocenters. The minimum Gasteiger partial charge on any atom is -0.507 e. The van der Waals surface area contributed by atoms with Gasteiger partial charge in [-0.05, 0) is 56.5 Å². The number of aromatic hydroxyl groups is 1. The van der Waals surface area contributed by atoms with E-state index < -0.39 is 0 Å². The molecule has 3 rings (SSSR count). The van der Waals surface area contributed by atoms with Crippen LogP contribution in [0.3, 0.4) is 0 Å². The second-order valence-corrected chi connectivity index (χ2v) is 6.92. The Kier molecular flexibility index (Phi) is 5.42. The lowest BCUT2D eigenvalue weighted by molar-refractivity contribution is 0.111. The van der Waals surface area contributed by atoms with E-state index in [0.29, 0.717) is 24.7 Å². The molecule has 0 saturated carbocycles. The van der Waals surface area contributed by atoms with Crippen molar-refractivity contribution in [3.05, 3.63) is 47.3 Å². The van der Waals surface area contributed by atoms with Crippen LogP contribution >= 0.6 is 0 Å².